The van der Waals surface area contributed by atoms with Crippen molar-refractivity contribution >= 4 is 45.8 Å². The van der Waals surface area contributed by atoms with Crippen LogP contribution in [0.25, 0.3) is 21.9 Å². The molecule has 0 bridgehead atoms. The molecule has 0 fully saturated rings. The number of aromatic nitrogens is 1. The quantitative estimate of drug-likeness (QED) is 0.167. The molecule has 0 aliphatic heterocycles. The van der Waals surface area contributed by atoms with Crippen LogP contribution in [0.2, 0.25) is 0 Å². The number of carbonyl (C=O) groups is 1. The molecule has 0 saturated carbocycles. The second-order valence-corrected chi connectivity index (χ2v) is 8.53. The van der Waals surface area contributed by atoms with Crippen LogP contribution in [0.3, 0.4) is 0 Å². The topological polar surface area (TPSA) is 76.7 Å². The second-order valence-electron chi connectivity index (χ2n) is 7.61. The lowest BCUT2D eigenvalue weighted by Gasteiger charge is -2.12. The van der Waals surface area contributed by atoms with Gasteiger partial charge in [0.05, 0.1) is 12.0 Å². The molecule has 35 heavy (non-hydrogen) atoms. The van der Waals surface area contributed by atoms with Crippen LogP contribution in [0, 0.1) is 5.82 Å². The van der Waals surface area contributed by atoms with Crippen LogP contribution < -0.4 is 10.2 Å². The van der Waals surface area contributed by atoms with Crippen molar-refractivity contribution in [1.82, 2.24) is 10.4 Å². The third-order valence-electron chi connectivity index (χ3n) is 5.26. The summed E-state index contributed by atoms with van der Waals surface area (Å²) < 4.78 is 25.6. The Kier molecular flexibility index (Phi) is 6.72. The van der Waals surface area contributed by atoms with E-state index < -0.39 is 0 Å². The number of rotatable bonds is 8. The minimum absolute atomic E-state index is 0.0688. The van der Waals surface area contributed by atoms with Gasteiger partial charge in [-0.25, -0.2) is 14.8 Å². The van der Waals surface area contributed by atoms with Crippen molar-refractivity contribution < 1.29 is 18.3 Å². The smallest absolute Gasteiger partial charge is 0.257 e. The summed E-state index contributed by atoms with van der Waals surface area (Å²) in [4.78, 5) is 16.7. The molecule has 1 aromatic heterocycles. The molecular formula is C27H20FN3O3S. The Morgan fingerprint density at radius 3 is 2.71 bits per heavy atom. The van der Waals surface area contributed by atoms with Crippen LogP contribution in [0.15, 0.2) is 99.7 Å². The van der Waals surface area contributed by atoms with E-state index in [1.807, 2.05) is 60.7 Å². The van der Waals surface area contributed by atoms with Crippen molar-refractivity contribution in [2.45, 2.75) is 11.8 Å². The molecule has 0 aliphatic carbocycles. The molecular weight excluding hydrogens is 465 g/mol. The number of hydrogen-bond acceptors (Lipinski definition) is 6. The number of hydrogen-bond donors (Lipinski definition) is 1. The Bertz CT molecular complexity index is 1500. The van der Waals surface area contributed by atoms with Crippen molar-refractivity contribution in [3.63, 3.8) is 0 Å². The van der Waals surface area contributed by atoms with Gasteiger partial charge in [-0.1, -0.05) is 72.4 Å². The fraction of sp³-hybridized carbons (Fsp3) is 0.0741. The lowest BCUT2D eigenvalue weighted by atomic mass is 10.0. The summed E-state index contributed by atoms with van der Waals surface area (Å²) in [5, 5.41) is 6.45. The number of para-hydroxylation sites is 2. The van der Waals surface area contributed by atoms with Gasteiger partial charge in [0.1, 0.15) is 23.7 Å². The lowest BCUT2D eigenvalue weighted by Crippen LogP contribution is -2.19. The van der Waals surface area contributed by atoms with Gasteiger partial charge in [0.25, 0.3) is 11.1 Å². The van der Waals surface area contributed by atoms with E-state index in [1.165, 1.54) is 17.8 Å². The predicted octanol–water partition coefficient (Wildman–Crippen LogP) is 5.94. The maximum atomic E-state index is 14.0. The summed E-state index contributed by atoms with van der Waals surface area (Å²) in [6, 6.07) is 25.4. The van der Waals surface area contributed by atoms with Crippen LogP contribution >= 0.6 is 11.8 Å². The van der Waals surface area contributed by atoms with Crippen molar-refractivity contribution in [2.75, 3.05) is 5.75 Å². The Morgan fingerprint density at radius 1 is 1.03 bits per heavy atom. The van der Waals surface area contributed by atoms with E-state index in [-0.39, 0.29) is 24.1 Å². The molecule has 6 nitrogen and oxygen atoms in total. The minimum atomic E-state index is -0.327. The molecule has 0 unspecified atom stereocenters. The molecule has 5 rings (SSSR count). The minimum Gasteiger partial charge on any atom is -0.488 e. The zero-order chi connectivity index (χ0) is 24.0. The molecule has 4 aromatic carbocycles. The van der Waals surface area contributed by atoms with Crippen LogP contribution in [0.1, 0.15) is 11.1 Å². The largest absolute Gasteiger partial charge is 0.488 e. The lowest BCUT2D eigenvalue weighted by molar-refractivity contribution is -0.118. The third-order valence-corrected chi connectivity index (χ3v) is 6.08. The summed E-state index contributed by atoms with van der Waals surface area (Å²) in [5.74, 6) is -0.00309. The van der Waals surface area contributed by atoms with E-state index in [0.717, 1.165) is 16.3 Å². The monoisotopic (exact) mass is 485 g/mol. The van der Waals surface area contributed by atoms with Crippen LogP contribution in [0.4, 0.5) is 4.39 Å². The van der Waals surface area contributed by atoms with E-state index in [1.54, 1.807) is 24.4 Å². The van der Waals surface area contributed by atoms with Gasteiger partial charge in [-0.05, 0) is 35.0 Å². The van der Waals surface area contributed by atoms with Gasteiger partial charge >= 0.3 is 0 Å². The van der Waals surface area contributed by atoms with E-state index in [9.17, 15) is 9.18 Å². The molecule has 1 heterocycles. The van der Waals surface area contributed by atoms with Crippen molar-refractivity contribution in [3.8, 4) is 5.75 Å². The summed E-state index contributed by atoms with van der Waals surface area (Å²) in [6.07, 6.45) is 1.54. The summed E-state index contributed by atoms with van der Waals surface area (Å²) >= 11 is 1.19. The molecule has 174 valence electrons. The van der Waals surface area contributed by atoms with Gasteiger partial charge in [-0.2, -0.15) is 5.10 Å². The standard InChI is InChI=1S/C27H20FN3O3S/c28-22-10-4-2-8-19(22)16-33-24-14-13-18-7-1-3-9-20(18)21(24)15-29-31-26(32)17-35-27-30-23-11-5-6-12-25(23)34-27/h1-15H,16-17H2,(H,31,32)/b29-15-. The zero-order valence-corrected chi connectivity index (χ0v) is 19.3. The van der Waals surface area contributed by atoms with E-state index >= 15 is 0 Å². The molecule has 0 aliphatic rings. The number of ether oxygens (including phenoxy) is 1. The highest BCUT2D eigenvalue weighted by Crippen LogP contribution is 2.28. The average molecular weight is 486 g/mol. The molecule has 0 saturated heterocycles. The van der Waals surface area contributed by atoms with Gasteiger partial charge in [0.15, 0.2) is 5.58 Å². The van der Waals surface area contributed by atoms with Crippen molar-refractivity contribution in [2.24, 2.45) is 5.10 Å². The first-order chi connectivity index (χ1) is 17.2. The SMILES string of the molecule is O=C(CSc1nc2ccccc2o1)N/N=C\c1c(OCc2ccccc2F)ccc2ccccc12. The number of halogens is 1. The first-order valence-electron chi connectivity index (χ1n) is 10.9. The molecule has 8 heteroatoms. The fourth-order valence-corrected chi connectivity index (χ4v) is 4.18. The van der Waals surface area contributed by atoms with Crippen LogP contribution in [0.5, 0.6) is 5.75 Å². The Hall–Kier alpha value is -4.17. The highest BCUT2D eigenvalue weighted by Gasteiger charge is 2.11. The first-order valence-corrected chi connectivity index (χ1v) is 11.8. The van der Waals surface area contributed by atoms with Crippen LogP contribution in [-0.2, 0) is 11.4 Å². The molecule has 0 radical (unpaired) electrons. The number of amides is 1. The number of nitrogens with zero attached hydrogens (tertiary/aromatic N) is 2. The molecule has 0 atom stereocenters. The van der Waals surface area contributed by atoms with Crippen molar-refractivity contribution in [1.29, 1.82) is 0 Å². The van der Waals surface area contributed by atoms with Gasteiger partial charge < -0.3 is 9.15 Å². The Morgan fingerprint density at radius 2 is 1.83 bits per heavy atom. The molecule has 1 N–H and O–H groups in total. The number of oxazole rings is 1. The second kappa shape index (κ2) is 10.4. The van der Waals surface area contributed by atoms with E-state index in [0.29, 0.717) is 27.7 Å². The van der Waals surface area contributed by atoms with Crippen LogP contribution in [-0.4, -0.2) is 22.9 Å². The number of hydrazone groups is 1. The highest BCUT2D eigenvalue weighted by atomic mass is 32.2. The van der Waals surface area contributed by atoms with Gasteiger partial charge in [0.2, 0.25) is 0 Å². The van der Waals surface area contributed by atoms with Gasteiger partial charge in [0, 0.05) is 11.1 Å². The molecule has 5 aromatic rings. The Balaban J connectivity index is 1.28. The number of thioether (sulfide) groups is 1. The molecule has 0 spiro atoms. The number of benzene rings is 4. The van der Waals surface area contributed by atoms with Gasteiger partial charge in [-0.3, -0.25) is 4.79 Å². The first kappa shape index (κ1) is 22.6. The maximum absolute atomic E-state index is 14.0. The van der Waals surface area contributed by atoms with E-state index in [2.05, 4.69) is 15.5 Å². The maximum Gasteiger partial charge on any atom is 0.257 e. The Labute approximate surface area is 204 Å². The van der Waals surface area contributed by atoms with Gasteiger partial charge in [-0.15, -0.1) is 0 Å². The highest BCUT2D eigenvalue weighted by molar-refractivity contribution is 7.99. The number of fused-ring (bicyclic) bond motifs is 2. The molecule has 1 amide bonds. The predicted molar refractivity (Wildman–Crippen MR) is 135 cm³/mol. The zero-order valence-electron chi connectivity index (χ0n) is 18.5. The summed E-state index contributed by atoms with van der Waals surface area (Å²) in [7, 11) is 0. The summed E-state index contributed by atoms with van der Waals surface area (Å²) in [5.41, 5.74) is 5.09. The summed E-state index contributed by atoms with van der Waals surface area (Å²) in [6.45, 7) is 0.0688. The fourth-order valence-electron chi connectivity index (χ4n) is 3.55. The number of nitrogens with one attached hydrogen (secondary N) is 1. The van der Waals surface area contributed by atoms with Crippen molar-refractivity contribution in [3.05, 3.63) is 102 Å². The normalized spacial score (nSPS) is 11.3. The van der Waals surface area contributed by atoms with E-state index in [4.69, 9.17) is 9.15 Å². The average Bonchev–Trinajstić information content (AvgIpc) is 3.31. The third kappa shape index (κ3) is 5.33. The number of carbonyl (C=O) groups excluding carboxylic acids is 1.